The van der Waals surface area contributed by atoms with Crippen LogP contribution < -0.4 is 9.47 Å². The highest BCUT2D eigenvalue weighted by molar-refractivity contribution is 6.45. The molecule has 1 N–H and O–H groups in total. The highest BCUT2D eigenvalue weighted by Crippen LogP contribution is 2.37. The molecule has 0 bridgehead atoms. The van der Waals surface area contributed by atoms with E-state index in [9.17, 15) is 9.59 Å². The second-order valence-electron chi connectivity index (χ2n) is 7.27. The number of benzene rings is 2. The van der Waals surface area contributed by atoms with E-state index >= 15 is 0 Å². The van der Waals surface area contributed by atoms with Gasteiger partial charge in [0.2, 0.25) is 0 Å². The van der Waals surface area contributed by atoms with Crippen molar-refractivity contribution in [1.29, 1.82) is 0 Å². The summed E-state index contributed by atoms with van der Waals surface area (Å²) in [5.74, 6) is 0.322. The van der Waals surface area contributed by atoms with Crippen LogP contribution in [0.15, 0.2) is 42.5 Å². The Morgan fingerprint density at radius 3 is 2.59 bits per heavy atom. The van der Waals surface area contributed by atoms with E-state index in [-0.39, 0.29) is 6.04 Å². The fourth-order valence-electron chi connectivity index (χ4n) is 4.22. The minimum absolute atomic E-state index is 0.156. The molecule has 0 saturated carbocycles. The standard InChI is InChI=1S/C23H24N2O4/c1-14-21(16-7-4-5-8-17(16)24-14)22(26)23(27)25-12-6-9-18(25)15-10-11-19(28-2)20(13-15)29-3/h4-5,7-8,10-11,13,18,24H,6,9,12H2,1-3H3/t18-/m0/s1. The Morgan fingerprint density at radius 2 is 1.83 bits per heavy atom. The first-order valence-electron chi connectivity index (χ1n) is 9.69. The van der Waals surface area contributed by atoms with E-state index in [0.29, 0.717) is 29.3 Å². The van der Waals surface area contributed by atoms with Gasteiger partial charge in [0.05, 0.1) is 25.8 Å². The van der Waals surface area contributed by atoms with Gasteiger partial charge in [-0.1, -0.05) is 24.3 Å². The number of carbonyl (C=O) groups excluding carboxylic acids is 2. The van der Waals surface area contributed by atoms with Gasteiger partial charge in [0.15, 0.2) is 11.5 Å². The molecule has 1 aromatic heterocycles. The van der Waals surface area contributed by atoms with E-state index in [1.54, 1.807) is 19.1 Å². The topological polar surface area (TPSA) is 71.6 Å². The van der Waals surface area contributed by atoms with Crippen LogP contribution in [0.5, 0.6) is 11.5 Å². The summed E-state index contributed by atoms with van der Waals surface area (Å²) in [4.78, 5) is 31.3. The van der Waals surface area contributed by atoms with Gasteiger partial charge in [-0.25, -0.2) is 0 Å². The number of aromatic amines is 1. The molecule has 1 fully saturated rings. The molecule has 1 aliphatic rings. The zero-order valence-corrected chi connectivity index (χ0v) is 16.8. The third-order valence-corrected chi connectivity index (χ3v) is 5.62. The van der Waals surface area contributed by atoms with Gasteiger partial charge in [0.25, 0.3) is 11.7 Å². The molecule has 1 saturated heterocycles. The SMILES string of the molecule is COc1ccc([C@@H]2CCCN2C(=O)C(=O)c2c(C)[nH]c3ccccc23)cc1OC. The van der Waals surface area contributed by atoms with Crippen molar-refractivity contribution in [3.05, 3.63) is 59.3 Å². The Balaban J connectivity index is 1.66. The van der Waals surface area contributed by atoms with Gasteiger partial charge < -0.3 is 19.4 Å². The van der Waals surface area contributed by atoms with Crippen molar-refractivity contribution in [2.75, 3.05) is 20.8 Å². The third-order valence-electron chi connectivity index (χ3n) is 5.62. The van der Waals surface area contributed by atoms with Gasteiger partial charge in [-0.2, -0.15) is 0 Å². The lowest BCUT2D eigenvalue weighted by Crippen LogP contribution is -2.36. The number of aryl methyl sites for hydroxylation is 1. The molecule has 0 unspecified atom stereocenters. The number of H-pyrrole nitrogens is 1. The second-order valence-corrected chi connectivity index (χ2v) is 7.27. The van der Waals surface area contributed by atoms with Crippen molar-refractivity contribution < 1.29 is 19.1 Å². The quantitative estimate of drug-likeness (QED) is 0.525. The molecule has 3 aromatic rings. The highest BCUT2D eigenvalue weighted by Gasteiger charge is 2.35. The van der Waals surface area contributed by atoms with Gasteiger partial charge >= 0.3 is 0 Å². The zero-order chi connectivity index (χ0) is 20.5. The molecular weight excluding hydrogens is 368 g/mol. The van der Waals surface area contributed by atoms with Crippen LogP contribution in [0.1, 0.15) is 40.5 Å². The maximum absolute atomic E-state index is 13.2. The van der Waals surface area contributed by atoms with Crippen molar-refractivity contribution in [2.45, 2.75) is 25.8 Å². The highest BCUT2D eigenvalue weighted by atomic mass is 16.5. The number of likely N-dealkylation sites (tertiary alicyclic amines) is 1. The van der Waals surface area contributed by atoms with Crippen molar-refractivity contribution in [3.8, 4) is 11.5 Å². The van der Waals surface area contributed by atoms with Crippen LogP contribution in [0.4, 0.5) is 0 Å². The zero-order valence-electron chi connectivity index (χ0n) is 16.8. The number of carbonyl (C=O) groups is 2. The largest absolute Gasteiger partial charge is 0.493 e. The molecule has 1 aliphatic heterocycles. The maximum Gasteiger partial charge on any atom is 0.295 e. The molecular formula is C23H24N2O4. The number of fused-ring (bicyclic) bond motifs is 1. The molecule has 0 aliphatic carbocycles. The van der Waals surface area contributed by atoms with Gasteiger partial charge in [-0.15, -0.1) is 0 Å². The number of hydrogen-bond donors (Lipinski definition) is 1. The molecule has 0 spiro atoms. The van der Waals surface area contributed by atoms with E-state index in [4.69, 9.17) is 9.47 Å². The van der Waals surface area contributed by atoms with Crippen LogP contribution in [0, 0.1) is 6.92 Å². The normalized spacial score (nSPS) is 16.2. The second kappa shape index (κ2) is 7.62. The number of ketones is 1. The van der Waals surface area contributed by atoms with Crippen LogP contribution >= 0.6 is 0 Å². The molecule has 6 nitrogen and oxygen atoms in total. The van der Waals surface area contributed by atoms with Crippen molar-refractivity contribution >= 4 is 22.6 Å². The van der Waals surface area contributed by atoms with Crippen molar-refractivity contribution in [2.24, 2.45) is 0 Å². The number of amides is 1. The number of rotatable bonds is 5. The molecule has 2 aromatic carbocycles. The molecule has 6 heteroatoms. The molecule has 1 amide bonds. The van der Waals surface area contributed by atoms with Gasteiger partial charge in [-0.05, 0) is 43.5 Å². The number of hydrogen-bond acceptors (Lipinski definition) is 4. The summed E-state index contributed by atoms with van der Waals surface area (Å²) in [5.41, 5.74) is 2.98. The van der Waals surface area contributed by atoms with E-state index < -0.39 is 11.7 Å². The van der Waals surface area contributed by atoms with Gasteiger partial charge in [0.1, 0.15) is 0 Å². The number of nitrogens with one attached hydrogen (secondary N) is 1. The van der Waals surface area contributed by atoms with Crippen molar-refractivity contribution in [3.63, 3.8) is 0 Å². The Kier molecular flexibility index (Phi) is 5.01. The van der Waals surface area contributed by atoms with E-state index in [1.807, 2.05) is 49.4 Å². The maximum atomic E-state index is 13.2. The summed E-state index contributed by atoms with van der Waals surface area (Å²) < 4.78 is 10.7. The molecule has 0 radical (unpaired) electrons. The predicted molar refractivity (Wildman–Crippen MR) is 111 cm³/mol. The van der Waals surface area contributed by atoms with E-state index in [0.717, 1.165) is 29.3 Å². The Morgan fingerprint density at radius 1 is 1.07 bits per heavy atom. The molecule has 29 heavy (non-hydrogen) atoms. The smallest absolute Gasteiger partial charge is 0.295 e. The van der Waals surface area contributed by atoms with Gasteiger partial charge in [-0.3, -0.25) is 9.59 Å². The number of Topliss-reactive ketones (excluding diaryl/α,β-unsaturated/α-hetero) is 1. The fraction of sp³-hybridized carbons (Fsp3) is 0.304. The van der Waals surface area contributed by atoms with Crippen LogP contribution in [-0.4, -0.2) is 42.3 Å². The number of ether oxygens (including phenoxy) is 2. The number of nitrogens with zero attached hydrogens (tertiary/aromatic N) is 1. The lowest BCUT2D eigenvalue weighted by atomic mass is 10.0. The first-order chi connectivity index (χ1) is 14.0. The molecule has 4 rings (SSSR count). The molecule has 1 atom stereocenters. The summed E-state index contributed by atoms with van der Waals surface area (Å²) >= 11 is 0. The molecule has 150 valence electrons. The van der Waals surface area contributed by atoms with Crippen LogP contribution in [-0.2, 0) is 4.79 Å². The minimum atomic E-state index is -0.465. The average molecular weight is 392 g/mol. The number of methoxy groups -OCH3 is 2. The van der Waals surface area contributed by atoms with E-state index in [2.05, 4.69) is 4.98 Å². The van der Waals surface area contributed by atoms with Crippen LogP contribution in [0.3, 0.4) is 0 Å². The summed E-state index contributed by atoms with van der Waals surface area (Å²) in [6, 6.07) is 13.1. The first kappa shape index (κ1) is 19.1. The summed E-state index contributed by atoms with van der Waals surface area (Å²) in [6.07, 6.45) is 1.66. The van der Waals surface area contributed by atoms with Gasteiger partial charge in [0, 0.05) is 23.1 Å². The Hall–Kier alpha value is -3.28. The lowest BCUT2D eigenvalue weighted by Gasteiger charge is -2.25. The summed E-state index contributed by atoms with van der Waals surface area (Å²) in [5, 5.41) is 0.783. The Bertz CT molecular complexity index is 1090. The minimum Gasteiger partial charge on any atom is -0.493 e. The fourth-order valence-corrected chi connectivity index (χ4v) is 4.22. The number of para-hydroxylation sites is 1. The lowest BCUT2D eigenvalue weighted by molar-refractivity contribution is -0.127. The van der Waals surface area contributed by atoms with Crippen LogP contribution in [0.25, 0.3) is 10.9 Å². The monoisotopic (exact) mass is 392 g/mol. The van der Waals surface area contributed by atoms with Crippen LogP contribution in [0.2, 0.25) is 0 Å². The van der Waals surface area contributed by atoms with Crippen molar-refractivity contribution in [1.82, 2.24) is 9.88 Å². The summed E-state index contributed by atoms with van der Waals surface area (Å²) in [6.45, 7) is 2.39. The number of aromatic nitrogens is 1. The van der Waals surface area contributed by atoms with E-state index in [1.165, 1.54) is 0 Å². The third kappa shape index (κ3) is 3.24. The molecule has 2 heterocycles. The first-order valence-corrected chi connectivity index (χ1v) is 9.69. The Labute approximate surface area is 169 Å². The average Bonchev–Trinajstić information content (AvgIpc) is 3.36. The predicted octanol–water partition coefficient (Wildman–Crippen LogP) is 4.04. The summed E-state index contributed by atoms with van der Waals surface area (Å²) in [7, 11) is 3.17.